The topological polar surface area (TPSA) is 99.0 Å². The van der Waals surface area contributed by atoms with Gasteiger partial charge in [0.2, 0.25) is 5.91 Å². The maximum absolute atomic E-state index is 13.9. The molecule has 2 amide bonds. The van der Waals surface area contributed by atoms with Crippen molar-refractivity contribution in [3.63, 3.8) is 0 Å². The summed E-state index contributed by atoms with van der Waals surface area (Å²) in [6.07, 6.45) is 1.43. The van der Waals surface area contributed by atoms with E-state index in [1.807, 2.05) is 47.5 Å². The molecule has 0 aliphatic carbocycles. The fourth-order valence-electron chi connectivity index (χ4n) is 5.55. The van der Waals surface area contributed by atoms with Gasteiger partial charge in [0.1, 0.15) is 6.04 Å². The van der Waals surface area contributed by atoms with Crippen LogP contribution in [-0.2, 0) is 17.9 Å². The van der Waals surface area contributed by atoms with Gasteiger partial charge in [0.25, 0.3) is 11.6 Å². The molecule has 40 heavy (non-hydrogen) atoms. The Labute approximate surface area is 238 Å². The van der Waals surface area contributed by atoms with Crippen molar-refractivity contribution in [1.82, 2.24) is 20.0 Å². The number of benzene rings is 2. The van der Waals surface area contributed by atoms with Crippen molar-refractivity contribution in [3.8, 4) is 0 Å². The molecule has 2 aliphatic heterocycles. The molecule has 2 fully saturated rings. The monoisotopic (exact) mass is 561 g/mol. The van der Waals surface area contributed by atoms with Gasteiger partial charge in [-0.2, -0.15) is 0 Å². The number of thiophene rings is 1. The number of aryl methyl sites for hydroxylation is 1. The number of carbonyl (C=O) groups excluding carboxylic acids is 2. The Balaban J connectivity index is 1.43. The van der Waals surface area contributed by atoms with Gasteiger partial charge in [-0.25, -0.2) is 0 Å². The van der Waals surface area contributed by atoms with Crippen LogP contribution in [0.5, 0.6) is 0 Å². The summed E-state index contributed by atoms with van der Waals surface area (Å²) in [7, 11) is 0. The number of nitro groups is 1. The van der Waals surface area contributed by atoms with E-state index in [2.05, 4.69) is 16.3 Å². The molecule has 3 aromatic rings. The summed E-state index contributed by atoms with van der Waals surface area (Å²) in [4.78, 5) is 45.7. The number of non-ortho nitro benzene ring substituents is 1. The highest BCUT2D eigenvalue weighted by atomic mass is 32.1. The normalized spacial score (nSPS) is 19.6. The third-order valence-electron chi connectivity index (χ3n) is 7.76. The molecular formula is C30H35N5O4S. The maximum atomic E-state index is 13.9. The lowest BCUT2D eigenvalue weighted by Gasteiger charge is -2.29. The van der Waals surface area contributed by atoms with E-state index >= 15 is 0 Å². The first kappa shape index (κ1) is 27.9. The lowest BCUT2D eigenvalue weighted by molar-refractivity contribution is -0.384. The minimum absolute atomic E-state index is 0.0121. The zero-order chi connectivity index (χ0) is 28.1. The van der Waals surface area contributed by atoms with Crippen LogP contribution in [-0.4, -0.2) is 76.2 Å². The van der Waals surface area contributed by atoms with E-state index in [0.29, 0.717) is 44.7 Å². The maximum Gasteiger partial charge on any atom is 0.269 e. The average molecular weight is 562 g/mol. The minimum atomic E-state index is -0.542. The molecule has 0 spiro atoms. The van der Waals surface area contributed by atoms with Crippen LogP contribution in [0, 0.1) is 17.0 Å². The molecule has 0 saturated carbocycles. The van der Waals surface area contributed by atoms with Crippen LogP contribution in [0.3, 0.4) is 0 Å². The highest BCUT2D eigenvalue weighted by Gasteiger charge is 2.43. The molecule has 2 saturated heterocycles. The van der Waals surface area contributed by atoms with Crippen molar-refractivity contribution in [2.45, 2.75) is 44.9 Å². The van der Waals surface area contributed by atoms with E-state index in [0.717, 1.165) is 30.6 Å². The predicted octanol–water partition coefficient (Wildman–Crippen LogP) is 4.07. The van der Waals surface area contributed by atoms with Crippen LogP contribution in [0.15, 0.2) is 66.0 Å². The Morgan fingerprint density at radius 1 is 1.05 bits per heavy atom. The van der Waals surface area contributed by atoms with Crippen molar-refractivity contribution < 1.29 is 14.5 Å². The second-order valence-corrected chi connectivity index (χ2v) is 11.6. The summed E-state index contributed by atoms with van der Waals surface area (Å²) < 4.78 is 0. The lowest BCUT2D eigenvalue weighted by Crippen LogP contribution is -2.48. The first-order chi connectivity index (χ1) is 19.4. The molecule has 1 aromatic heterocycles. The van der Waals surface area contributed by atoms with Crippen molar-refractivity contribution in [2.75, 3.05) is 32.7 Å². The fourth-order valence-corrected chi connectivity index (χ4v) is 6.28. The molecule has 0 radical (unpaired) electrons. The smallest absolute Gasteiger partial charge is 0.269 e. The summed E-state index contributed by atoms with van der Waals surface area (Å²) in [6, 6.07) is 17.7. The van der Waals surface area contributed by atoms with Crippen molar-refractivity contribution in [1.29, 1.82) is 0 Å². The SMILES string of the molecule is Cc1ccc(C(=O)N2CC(N(Cc3ccc([N+](=O)[O-])cc3)Cc3cccs3)CC2C(=O)N2CCCNCC2)cc1. The number of nitrogens with one attached hydrogen (secondary N) is 1. The largest absolute Gasteiger partial charge is 0.340 e. The second kappa shape index (κ2) is 12.7. The van der Waals surface area contributed by atoms with Crippen LogP contribution >= 0.6 is 11.3 Å². The predicted molar refractivity (Wildman–Crippen MR) is 155 cm³/mol. The third-order valence-corrected chi connectivity index (χ3v) is 8.62. The number of hydrogen-bond donors (Lipinski definition) is 1. The van der Waals surface area contributed by atoms with Gasteiger partial charge in [0.05, 0.1) is 4.92 Å². The van der Waals surface area contributed by atoms with Crippen LogP contribution in [0.4, 0.5) is 5.69 Å². The standard InChI is InChI=1S/C30H35N5O4S/c1-22-5-9-24(10-6-22)29(36)34-20-26(18-28(34)30(37)32-15-3-13-31-14-16-32)33(21-27-4-2-17-40-27)19-23-7-11-25(12-8-23)35(38)39/h2,4-12,17,26,28,31H,3,13-16,18-21H2,1H3. The van der Waals surface area contributed by atoms with E-state index in [1.54, 1.807) is 28.4 Å². The molecule has 2 aromatic carbocycles. The van der Waals surface area contributed by atoms with Gasteiger partial charge < -0.3 is 15.1 Å². The average Bonchev–Trinajstić information content (AvgIpc) is 3.56. The molecule has 210 valence electrons. The Morgan fingerprint density at radius 3 is 2.52 bits per heavy atom. The molecule has 3 heterocycles. The Morgan fingerprint density at radius 2 is 1.82 bits per heavy atom. The van der Waals surface area contributed by atoms with E-state index in [1.165, 1.54) is 17.0 Å². The third kappa shape index (κ3) is 6.57. The number of hydrogen-bond acceptors (Lipinski definition) is 7. The summed E-state index contributed by atoms with van der Waals surface area (Å²) in [5.74, 6) is -0.113. The molecule has 2 atom stereocenters. The molecular weight excluding hydrogens is 526 g/mol. The first-order valence-electron chi connectivity index (χ1n) is 13.8. The molecule has 9 nitrogen and oxygen atoms in total. The van der Waals surface area contributed by atoms with Crippen LogP contribution in [0.1, 0.15) is 39.2 Å². The van der Waals surface area contributed by atoms with E-state index in [-0.39, 0.29) is 23.5 Å². The number of nitro benzene ring substituents is 1. The Bertz CT molecular complexity index is 1300. The van der Waals surface area contributed by atoms with Crippen molar-refractivity contribution >= 4 is 28.8 Å². The quantitative estimate of drug-likeness (QED) is 0.329. The summed E-state index contributed by atoms with van der Waals surface area (Å²) in [6.45, 7) is 6.59. The van der Waals surface area contributed by atoms with E-state index in [4.69, 9.17) is 0 Å². The highest BCUT2D eigenvalue weighted by Crippen LogP contribution is 2.29. The van der Waals surface area contributed by atoms with Gasteiger partial charge in [0, 0.05) is 67.9 Å². The molecule has 2 aliphatic rings. The van der Waals surface area contributed by atoms with Crippen molar-refractivity contribution in [2.24, 2.45) is 0 Å². The van der Waals surface area contributed by atoms with Gasteiger partial charge in [-0.05, 0) is 55.5 Å². The summed E-state index contributed by atoms with van der Waals surface area (Å²) in [5.41, 5.74) is 2.67. The number of nitrogens with zero attached hydrogens (tertiary/aromatic N) is 4. The molecule has 5 rings (SSSR count). The zero-order valence-corrected chi connectivity index (χ0v) is 23.5. The Kier molecular flexibility index (Phi) is 8.88. The number of likely N-dealkylation sites (tertiary alicyclic amines) is 1. The second-order valence-electron chi connectivity index (χ2n) is 10.6. The number of amides is 2. The fraction of sp³-hybridized carbons (Fsp3) is 0.400. The molecule has 2 unspecified atom stereocenters. The van der Waals surface area contributed by atoms with E-state index < -0.39 is 11.0 Å². The first-order valence-corrected chi connectivity index (χ1v) is 14.6. The molecule has 10 heteroatoms. The Hall–Kier alpha value is -3.60. The van der Waals surface area contributed by atoms with Gasteiger partial charge in [0.15, 0.2) is 0 Å². The summed E-state index contributed by atoms with van der Waals surface area (Å²) >= 11 is 1.67. The van der Waals surface area contributed by atoms with Crippen LogP contribution in [0.2, 0.25) is 0 Å². The summed E-state index contributed by atoms with van der Waals surface area (Å²) in [5, 5.41) is 16.6. The van der Waals surface area contributed by atoms with Gasteiger partial charge >= 0.3 is 0 Å². The van der Waals surface area contributed by atoms with Gasteiger partial charge in [-0.3, -0.25) is 24.6 Å². The lowest BCUT2D eigenvalue weighted by atomic mass is 10.1. The van der Waals surface area contributed by atoms with Crippen molar-refractivity contribution in [3.05, 3.63) is 97.7 Å². The van der Waals surface area contributed by atoms with Gasteiger partial charge in [-0.1, -0.05) is 35.9 Å². The molecule has 1 N–H and O–H groups in total. The van der Waals surface area contributed by atoms with Crippen LogP contribution in [0.25, 0.3) is 0 Å². The zero-order valence-electron chi connectivity index (χ0n) is 22.7. The van der Waals surface area contributed by atoms with Crippen LogP contribution < -0.4 is 5.32 Å². The number of rotatable bonds is 8. The number of carbonyl (C=O) groups is 2. The van der Waals surface area contributed by atoms with Gasteiger partial charge in [-0.15, -0.1) is 11.3 Å². The highest BCUT2D eigenvalue weighted by molar-refractivity contribution is 7.09. The minimum Gasteiger partial charge on any atom is -0.340 e. The van der Waals surface area contributed by atoms with E-state index in [9.17, 15) is 19.7 Å². The molecule has 0 bridgehead atoms.